The van der Waals surface area contributed by atoms with E-state index in [9.17, 15) is 9.59 Å². The topological polar surface area (TPSA) is 57.6 Å². The van der Waals surface area contributed by atoms with Gasteiger partial charge in [-0.2, -0.15) is 0 Å². The summed E-state index contributed by atoms with van der Waals surface area (Å²) in [6.45, 7) is 12.5. The molecule has 128 valence electrons. The van der Waals surface area contributed by atoms with Gasteiger partial charge in [0.25, 0.3) is 0 Å². The Bertz CT molecular complexity index is 525. The molecule has 1 N–H and O–H groups in total. The van der Waals surface area contributed by atoms with Crippen LogP contribution in [0.4, 0.5) is 0 Å². The third-order valence-corrected chi connectivity index (χ3v) is 4.20. The minimum atomic E-state index is -0.929. The van der Waals surface area contributed by atoms with E-state index in [0.717, 1.165) is 18.7 Å². The first-order chi connectivity index (χ1) is 10.7. The fourth-order valence-corrected chi connectivity index (χ4v) is 2.61. The Kier molecular flexibility index (Phi) is 6.95. The number of benzene rings is 1. The summed E-state index contributed by atoms with van der Waals surface area (Å²) >= 11 is 0. The zero-order valence-corrected chi connectivity index (χ0v) is 14.9. The number of carboxylic acids is 1. The van der Waals surface area contributed by atoms with Gasteiger partial charge in [0.05, 0.1) is 6.42 Å². The van der Waals surface area contributed by atoms with Gasteiger partial charge in [-0.05, 0) is 24.1 Å². The van der Waals surface area contributed by atoms with E-state index in [-0.39, 0.29) is 17.6 Å². The number of carboxylic acid groups (broad SMARTS) is 1. The van der Waals surface area contributed by atoms with Crippen molar-refractivity contribution in [3.05, 3.63) is 35.4 Å². The molecule has 0 bridgehead atoms. The normalized spacial score (nSPS) is 13.1. The van der Waals surface area contributed by atoms with Crippen molar-refractivity contribution >= 4 is 11.8 Å². The zero-order valence-electron chi connectivity index (χ0n) is 14.9. The summed E-state index contributed by atoms with van der Waals surface area (Å²) in [4.78, 5) is 25.9. The van der Waals surface area contributed by atoms with Gasteiger partial charge in [-0.25, -0.2) is 0 Å². The van der Waals surface area contributed by atoms with Crippen molar-refractivity contribution in [3.63, 3.8) is 0 Å². The molecule has 0 aliphatic carbocycles. The van der Waals surface area contributed by atoms with Gasteiger partial charge in [0.15, 0.2) is 5.78 Å². The summed E-state index contributed by atoms with van der Waals surface area (Å²) in [5.74, 6) is -1.52. The van der Waals surface area contributed by atoms with Crippen LogP contribution in [-0.4, -0.2) is 41.4 Å². The molecule has 4 nitrogen and oxygen atoms in total. The van der Waals surface area contributed by atoms with Crippen LogP contribution in [0.1, 0.15) is 57.0 Å². The van der Waals surface area contributed by atoms with E-state index in [1.54, 1.807) is 0 Å². The highest BCUT2D eigenvalue weighted by atomic mass is 16.4. The first-order valence-electron chi connectivity index (χ1n) is 8.27. The molecule has 4 heteroatoms. The molecule has 1 atom stereocenters. The summed E-state index contributed by atoms with van der Waals surface area (Å²) in [6.07, 6.45) is -0.129. The predicted molar refractivity (Wildman–Crippen MR) is 93.0 cm³/mol. The van der Waals surface area contributed by atoms with Gasteiger partial charge in [-0.3, -0.25) is 9.59 Å². The lowest BCUT2D eigenvalue weighted by Gasteiger charge is -2.24. The number of Topliss-reactive ketones (excluding diaryl/α,β-unsaturated/α-hetero) is 1. The Hall–Kier alpha value is -1.68. The van der Waals surface area contributed by atoms with Crippen molar-refractivity contribution in [2.24, 2.45) is 5.92 Å². The lowest BCUT2D eigenvalue weighted by Crippen LogP contribution is -2.34. The fourth-order valence-electron chi connectivity index (χ4n) is 2.61. The number of ketones is 1. The smallest absolute Gasteiger partial charge is 0.304 e. The van der Waals surface area contributed by atoms with E-state index < -0.39 is 11.9 Å². The van der Waals surface area contributed by atoms with E-state index in [4.69, 9.17) is 5.11 Å². The van der Waals surface area contributed by atoms with Crippen molar-refractivity contribution in [3.8, 4) is 0 Å². The molecule has 0 amide bonds. The van der Waals surface area contributed by atoms with Crippen molar-refractivity contribution in [2.75, 3.05) is 19.6 Å². The van der Waals surface area contributed by atoms with E-state index in [2.05, 4.69) is 25.7 Å². The Morgan fingerprint density at radius 2 is 1.61 bits per heavy atom. The standard InChI is InChI=1S/C19H29NO3/c1-6-20(7-2)13-15(12-17(21)22)18(23)14-8-10-16(11-9-14)19(3,4)5/h8-11,15H,6-7,12-13H2,1-5H3,(H,21,22). The number of rotatable bonds is 8. The molecule has 0 fully saturated rings. The van der Waals surface area contributed by atoms with Crippen LogP contribution in [0.15, 0.2) is 24.3 Å². The van der Waals surface area contributed by atoms with Gasteiger partial charge in [0.2, 0.25) is 0 Å². The SMILES string of the molecule is CCN(CC)CC(CC(=O)O)C(=O)c1ccc(C(C)(C)C)cc1. The highest BCUT2D eigenvalue weighted by Gasteiger charge is 2.25. The third-order valence-electron chi connectivity index (χ3n) is 4.20. The largest absolute Gasteiger partial charge is 0.481 e. The lowest BCUT2D eigenvalue weighted by atomic mass is 9.85. The quantitative estimate of drug-likeness (QED) is 0.744. The number of nitrogens with zero attached hydrogens (tertiary/aromatic N) is 1. The second-order valence-electron chi connectivity index (χ2n) is 6.97. The maximum Gasteiger partial charge on any atom is 0.304 e. The molecule has 0 saturated carbocycles. The monoisotopic (exact) mass is 319 g/mol. The van der Waals surface area contributed by atoms with Crippen LogP contribution >= 0.6 is 0 Å². The van der Waals surface area contributed by atoms with Crippen molar-refractivity contribution in [1.82, 2.24) is 4.90 Å². The molecule has 0 aromatic heterocycles. The second-order valence-corrected chi connectivity index (χ2v) is 6.97. The maximum absolute atomic E-state index is 12.7. The molecule has 0 radical (unpaired) electrons. The van der Waals surface area contributed by atoms with Gasteiger partial charge >= 0.3 is 5.97 Å². The summed E-state index contributed by atoms with van der Waals surface area (Å²) in [7, 11) is 0. The van der Waals surface area contributed by atoms with E-state index >= 15 is 0 Å². The van der Waals surface area contributed by atoms with Crippen LogP contribution in [-0.2, 0) is 10.2 Å². The summed E-state index contributed by atoms with van der Waals surface area (Å²) in [5, 5.41) is 9.12. The highest BCUT2D eigenvalue weighted by molar-refractivity contribution is 5.99. The van der Waals surface area contributed by atoms with E-state index in [1.807, 2.05) is 38.1 Å². The summed E-state index contributed by atoms with van der Waals surface area (Å²) in [6, 6.07) is 7.56. The molecule has 0 saturated heterocycles. The molecule has 1 rings (SSSR count). The molecule has 1 unspecified atom stereocenters. The minimum absolute atomic E-state index is 0.0310. The van der Waals surface area contributed by atoms with Gasteiger partial charge in [-0.1, -0.05) is 58.9 Å². The molecule has 23 heavy (non-hydrogen) atoms. The zero-order chi connectivity index (χ0) is 17.6. The third kappa shape index (κ3) is 5.79. The Labute approximate surface area is 139 Å². The Morgan fingerprint density at radius 1 is 1.09 bits per heavy atom. The number of aliphatic carboxylic acids is 1. The van der Waals surface area contributed by atoms with Crippen LogP contribution in [0.5, 0.6) is 0 Å². The summed E-state index contributed by atoms with van der Waals surface area (Å²) in [5.41, 5.74) is 1.78. The number of carbonyl (C=O) groups is 2. The van der Waals surface area contributed by atoms with Gasteiger partial charge < -0.3 is 10.0 Å². The minimum Gasteiger partial charge on any atom is -0.481 e. The van der Waals surface area contributed by atoms with Crippen LogP contribution < -0.4 is 0 Å². The Balaban J connectivity index is 2.97. The maximum atomic E-state index is 12.7. The van der Waals surface area contributed by atoms with Crippen LogP contribution in [0, 0.1) is 5.92 Å². The highest BCUT2D eigenvalue weighted by Crippen LogP contribution is 2.23. The fraction of sp³-hybridized carbons (Fsp3) is 0.579. The molecule has 0 aliphatic rings. The van der Waals surface area contributed by atoms with Crippen LogP contribution in [0.3, 0.4) is 0 Å². The Morgan fingerprint density at radius 3 is 2.00 bits per heavy atom. The molecular weight excluding hydrogens is 290 g/mol. The molecule has 1 aromatic carbocycles. The molecule has 1 aromatic rings. The molecule has 0 heterocycles. The lowest BCUT2D eigenvalue weighted by molar-refractivity contribution is -0.137. The second kappa shape index (κ2) is 8.25. The van der Waals surface area contributed by atoms with Gasteiger partial charge in [-0.15, -0.1) is 0 Å². The average molecular weight is 319 g/mol. The number of hydrogen-bond acceptors (Lipinski definition) is 3. The van der Waals surface area contributed by atoms with Gasteiger partial charge in [0.1, 0.15) is 0 Å². The molecule has 0 aliphatic heterocycles. The summed E-state index contributed by atoms with van der Waals surface area (Å²) < 4.78 is 0. The first kappa shape index (κ1) is 19.4. The van der Waals surface area contributed by atoms with Gasteiger partial charge in [0, 0.05) is 18.0 Å². The van der Waals surface area contributed by atoms with Crippen LogP contribution in [0.25, 0.3) is 0 Å². The molecule has 0 spiro atoms. The van der Waals surface area contributed by atoms with Crippen LogP contribution in [0.2, 0.25) is 0 Å². The van der Waals surface area contributed by atoms with E-state index in [0.29, 0.717) is 12.1 Å². The van der Waals surface area contributed by atoms with Crippen molar-refractivity contribution in [2.45, 2.75) is 46.5 Å². The predicted octanol–water partition coefficient (Wildman–Crippen LogP) is 3.60. The van der Waals surface area contributed by atoms with Crippen molar-refractivity contribution < 1.29 is 14.7 Å². The first-order valence-corrected chi connectivity index (χ1v) is 8.27. The molecular formula is C19H29NO3. The van der Waals surface area contributed by atoms with Crippen molar-refractivity contribution in [1.29, 1.82) is 0 Å². The number of carbonyl (C=O) groups excluding carboxylic acids is 1. The number of hydrogen-bond donors (Lipinski definition) is 1. The average Bonchev–Trinajstić information content (AvgIpc) is 2.49. The van der Waals surface area contributed by atoms with E-state index in [1.165, 1.54) is 0 Å².